The molecule has 0 radical (unpaired) electrons. The Bertz CT molecular complexity index is 1430. The first-order valence-corrected chi connectivity index (χ1v) is 13.5. The molecule has 12 heteroatoms. The van der Waals surface area contributed by atoms with Crippen molar-refractivity contribution in [2.75, 3.05) is 32.8 Å². The first-order chi connectivity index (χ1) is 19.7. The van der Waals surface area contributed by atoms with Crippen LogP contribution >= 0.6 is 0 Å². The monoisotopic (exact) mass is 591 g/mol. The third-order valence-corrected chi connectivity index (χ3v) is 6.94. The van der Waals surface area contributed by atoms with Crippen LogP contribution in [0.2, 0.25) is 0 Å². The van der Waals surface area contributed by atoms with Crippen molar-refractivity contribution in [2.45, 2.75) is 64.5 Å². The highest BCUT2D eigenvalue weighted by atomic mass is 19.4. The van der Waals surface area contributed by atoms with Gasteiger partial charge in [0, 0.05) is 18.1 Å². The van der Waals surface area contributed by atoms with Crippen LogP contribution in [-0.4, -0.2) is 66.9 Å². The number of carbonyl (C=O) groups excluding carboxylic acids is 2. The number of methoxy groups -OCH3 is 2. The van der Waals surface area contributed by atoms with Crippen LogP contribution in [0.25, 0.3) is 10.9 Å². The van der Waals surface area contributed by atoms with E-state index in [9.17, 15) is 22.8 Å². The number of rotatable bonds is 7. The van der Waals surface area contributed by atoms with Gasteiger partial charge in [0.1, 0.15) is 23.6 Å². The zero-order chi connectivity index (χ0) is 30.8. The third-order valence-electron chi connectivity index (χ3n) is 6.94. The Kier molecular flexibility index (Phi) is 9.07. The van der Waals surface area contributed by atoms with Crippen LogP contribution in [0.1, 0.15) is 61.1 Å². The Morgan fingerprint density at radius 3 is 2.36 bits per heavy atom. The van der Waals surface area contributed by atoms with Gasteiger partial charge in [-0.1, -0.05) is 12.1 Å². The third kappa shape index (κ3) is 7.16. The zero-order valence-electron chi connectivity index (χ0n) is 24.5. The van der Waals surface area contributed by atoms with Gasteiger partial charge in [0.2, 0.25) is 0 Å². The van der Waals surface area contributed by atoms with E-state index in [-0.39, 0.29) is 6.42 Å². The number of alkyl halides is 3. The molecular weight excluding hydrogens is 555 g/mol. The Labute approximate surface area is 242 Å². The highest BCUT2D eigenvalue weighted by Crippen LogP contribution is 2.40. The predicted molar refractivity (Wildman–Crippen MR) is 151 cm³/mol. The SMILES string of the molecule is COC(=O)c1ccc([C@@H]2C[C@@H](OCC(F)(F)F)CCN2Nc2c(OC)cc(C)c3c2ccn3C(=O)OC(C)(C)C)cc1. The molecule has 0 saturated carbocycles. The molecule has 2 aromatic carbocycles. The lowest BCUT2D eigenvalue weighted by Gasteiger charge is -2.40. The number of piperidine rings is 1. The normalized spacial score (nSPS) is 18.1. The van der Waals surface area contributed by atoms with Gasteiger partial charge in [-0.15, -0.1) is 0 Å². The molecule has 0 amide bonds. The number of aryl methyl sites for hydroxylation is 1. The van der Waals surface area contributed by atoms with E-state index in [1.54, 1.807) is 57.3 Å². The number of hydrogen-bond donors (Lipinski definition) is 1. The Morgan fingerprint density at radius 2 is 1.76 bits per heavy atom. The van der Waals surface area contributed by atoms with Crippen molar-refractivity contribution < 1.29 is 41.7 Å². The summed E-state index contributed by atoms with van der Waals surface area (Å²) >= 11 is 0. The number of fused-ring (bicyclic) bond motifs is 1. The molecule has 0 spiro atoms. The molecule has 1 aliphatic rings. The number of nitrogens with zero attached hydrogens (tertiary/aromatic N) is 2. The van der Waals surface area contributed by atoms with E-state index >= 15 is 0 Å². The fourth-order valence-electron chi connectivity index (χ4n) is 5.10. The quantitative estimate of drug-likeness (QED) is 0.306. The second-order valence-corrected chi connectivity index (χ2v) is 11.2. The summed E-state index contributed by atoms with van der Waals surface area (Å²) < 4.78 is 61.5. The van der Waals surface area contributed by atoms with E-state index in [1.807, 2.05) is 18.0 Å². The summed E-state index contributed by atoms with van der Waals surface area (Å²) in [4.78, 5) is 25.0. The lowest BCUT2D eigenvalue weighted by molar-refractivity contribution is -0.190. The number of benzene rings is 2. The maximum atomic E-state index is 13.0. The number of aromatic nitrogens is 1. The van der Waals surface area contributed by atoms with Crippen LogP contribution in [0.3, 0.4) is 0 Å². The average Bonchev–Trinajstić information content (AvgIpc) is 3.38. The summed E-state index contributed by atoms with van der Waals surface area (Å²) in [7, 11) is 2.83. The van der Waals surface area contributed by atoms with Crippen molar-refractivity contribution in [3.05, 3.63) is 59.3 Å². The van der Waals surface area contributed by atoms with Gasteiger partial charge in [-0.05, 0) is 75.9 Å². The minimum Gasteiger partial charge on any atom is -0.495 e. The number of ether oxygens (including phenoxy) is 4. The molecule has 2 heterocycles. The van der Waals surface area contributed by atoms with E-state index < -0.39 is 42.6 Å². The van der Waals surface area contributed by atoms with Gasteiger partial charge in [-0.25, -0.2) is 14.6 Å². The second-order valence-electron chi connectivity index (χ2n) is 11.2. The smallest absolute Gasteiger partial charge is 0.419 e. The second kappa shape index (κ2) is 12.2. The predicted octanol–water partition coefficient (Wildman–Crippen LogP) is 6.64. The number of anilines is 1. The molecule has 1 aliphatic heterocycles. The number of carbonyl (C=O) groups is 2. The summed E-state index contributed by atoms with van der Waals surface area (Å²) in [5.74, 6) is 0.0324. The molecular formula is C30H36F3N3O6. The van der Waals surface area contributed by atoms with Crippen LogP contribution in [0.15, 0.2) is 42.6 Å². The van der Waals surface area contributed by atoms with E-state index in [1.165, 1.54) is 18.8 Å². The first kappa shape index (κ1) is 31.2. The molecule has 9 nitrogen and oxygen atoms in total. The lowest BCUT2D eigenvalue weighted by Crippen LogP contribution is -2.43. The van der Waals surface area contributed by atoms with Crippen LogP contribution in [-0.2, 0) is 14.2 Å². The number of nitrogens with one attached hydrogen (secondary N) is 1. The van der Waals surface area contributed by atoms with Gasteiger partial charge >= 0.3 is 18.2 Å². The molecule has 1 saturated heterocycles. The molecule has 4 rings (SSSR count). The molecule has 1 N–H and O–H groups in total. The summed E-state index contributed by atoms with van der Waals surface area (Å²) in [6.45, 7) is 6.25. The number of hydrazine groups is 1. The van der Waals surface area contributed by atoms with Gasteiger partial charge < -0.3 is 24.4 Å². The number of halogens is 3. The van der Waals surface area contributed by atoms with Crippen molar-refractivity contribution in [1.82, 2.24) is 9.58 Å². The maximum Gasteiger partial charge on any atom is 0.419 e. The van der Waals surface area contributed by atoms with Gasteiger partial charge in [-0.3, -0.25) is 4.57 Å². The van der Waals surface area contributed by atoms with Gasteiger partial charge in [-0.2, -0.15) is 13.2 Å². The van der Waals surface area contributed by atoms with Crippen molar-refractivity contribution >= 4 is 28.7 Å². The topological polar surface area (TPSA) is 91.3 Å². The Hall–Kier alpha value is -3.77. The van der Waals surface area contributed by atoms with Crippen molar-refractivity contribution in [3.8, 4) is 5.75 Å². The van der Waals surface area contributed by atoms with Crippen LogP contribution in [0.4, 0.5) is 23.7 Å². The van der Waals surface area contributed by atoms with Crippen molar-refractivity contribution in [1.29, 1.82) is 0 Å². The minimum atomic E-state index is -4.44. The molecule has 0 aliphatic carbocycles. The summed E-state index contributed by atoms with van der Waals surface area (Å²) in [5.41, 5.74) is 5.88. The zero-order valence-corrected chi connectivity index (χ0v) is 24.5. The van der Waals surface area contributed by atoms with Crippen molar-refractivity contribution in [3.63, 3.8) is 0 Å². The molecule has 3 aromatic rings. The summed E-state index contributed by atoms with van der Waals surface area (Å²) in [6.07, 6.45) is -3.36. The molecule has 2 atom stereocenters. The summed E-state index contributed by atoms with van der Waals surface area (Å²) in [5, 5.41) is 2.62. The van der Waals surface area contributed by atoms with Crippen molar-refractivity contribution in [2.24, 2.45) is 0 Å². The molecule has 0 bridgehead atoms. The highest BCUT2D eigenvalue weighted by Gasteiger charge is 2.35. The first-order valence-electron chi connectivity index (χ1n) is 13.5. The van der Waals surface area contributed by atoms with E-state index in [2.05, 4.69) is 5.43 Å². The van der Waals surface area contributed by atoms with Crippen LogP contribution in [0.5, 0.6) is 5.75 Å². The van der Waals surface area contributed by atoms with E-state index in [0.29, 0.717) is 40.9 Å². The van der Waals surface area contributed by atoms with Gasteiger partial charge in [0.25, 0.3) is 0 Å². The van der Waals surface area contributed by atoms with E-state index in [0.717, 1.165) is 11.1 Å². The fourth-order valence-corrected chi connectivity index (χ4v) is 5.10. The maximum absolute atomic E-state index is 13.0. The lowest BCUT2D eigenvalue weighted by atomic mass is 9.94. The van der Waals surface area contributed by atoms with Gasteiger partial charge in [0.15, 0.2) is 0 Å². The largest absolute Gasteiger partial charge is 0.495 e. The molecule has 0 unspecified atom stereocenters. The standard InChI is InChI=1S/C30H36F3N3O6/c1-18-15-24(39-5)25(22-12-13-35(26(18)22)28(38)42-29(2,3)4)34-36-14-11-21(41-17-30(31,32)33)16-23(36)19-7-9-20(10-8-19)27(37)40-6/h7-10,12-13,15,21,23,34H,11,14,16-17H2,1-6H3/t21-,23-/m0/s1. The molecule has 228 valence electrons. The Balaban J connectivity index is 1.71. The average molecular weight is 592 g/mol. The number of hydrogen-bond acceptors (Lipinski definition) is 8. The summed E-state index contributed by atoms with van der Waals surface area (Å²) in [6, 6.07) is 9.91. The van der Waals surface area contributed by atoms with Crippen LogP contribution < -0.4 is 10.2 Å². The molecule has 42 heavy (non-hydrogen) atoms. The molecule has 1 fully saturated rings. The number of esters is 1. The van der Waals surface area contributed by atoms with Crippen LogP contribution in [0, 0.1) is 6.92 Å². The fraction of sp³-hybridized carbons (Fsp3) is 0.467. The highest BCUT2D eigenvalue weighted by molar-refractivity contribution is 6.01. The van der Waals surface area contributed by atoms with E-state index in [4.69, 9.17) is 18.9 Å². The Morgan fingerprint density at radius 1 is 1.07 bits per heavy atom. The molecule has 1 aromatic heterocycles. The minimum absolute atomic E-state index is 0.261. The van der Waals surface area contributed by atoms with Gasteiger partial charge in [0.05, 0.1) is 37.4 Å².